The molecule has 0 amide bonds. The van der Waals surface area contributed by atoms with Gasteiger partial charge in [0, 0.05) is 48.3 Å². The Morgan fingerprint density at radius 1 is 1.06 bits per heavy atom. The second kappa shape index (κ2) is 6.87. The molecular weight excluding hydrogens is 390 g/mol. The van der Waals surface area contributed by atoms with Gasteiger partial charge in [-0.15, -0.1) is 10.2 Å². The molecule has 0 atom stereocenters. The van der Waals surface area contributed by atoms with Crippen LogP contribution in [0.4, 0.5) is 0 Å². The maximum atomic E-state index is 6.30. The first kappa shape index (κ1) is 18.0. The summed E-state index contributed by atoms with van der Waals surface area (Å²) in [7, 11) is 1.90. The van der Waals surface area contributed by atoms with E-state index in [1.807, 2.05) is 50.2 Å². The molecule has 0 saturated heterocycles. The second-order valence-corrected chi connectivity index (χ2v) is 8.14. The van der Waals surface area contributed by atoms with E-state index in [4.69, 9.17) is 4.42 Å². The van der Waals surface area contributed by atoms with Gasteiger partial charge in [-0.25, -0.2) is 4.98 Å². The maximum absolute atomic E-state index is 6.30. The van der Waals surface area contributed by atoms with Crippen LogP contribution in [-0.2, 0) is 12.5 Å². The number of pyridine rings is 2. The quantitative estimate of drug-likeness (QED) is 0.474. The zero-order chi connectivity index (χ0) is 20.8. The van der Waals surface area contributed by atoms with Crippen molar-refractivity contribution in [2.75, 3.05) is 0 Å². The smallest absolute Gasteiger partial charge is 0.250 e. The normalized spacial score (nSPS) is 15.6. The molecule has 1 aliphatic rings. The molecule has 0 unspecified atom stereocenters. The highest BCUT2D eigenvalue weighted by Crippen LogP contribution is 2.45. The molecule has 0 spiro atoms. The standard InChI is InChI=1S/C23H21N7O/c1-30-14-16(12-27-30)15-10-17-18(13-26-20(17)25-11-15)21-28-29-22(31-21)23(7-3-4-8-23)19-6-2-5-9-24-19/h2,5-6,9-14H,3-4,7-8H2,1H3,(H,25,26). The predicted molar refractivity (Wildman–Crippen MR) is 115 cm³/mol. The average Bonchev–Trinajstić information content (AvgIpc) is 3.59. The minimum absolute atomic E-state index is 0.308. The molecule has 1 saturated carbocycles. The number of aromatic amines is 1. The lowest BCUT2D eigenvalue weighted by atomic mass is 9.82. The molecule has 1 aliphatic carbocycles. The van der Waals surface area contributed by atoms with Crippen molar-refractivity contribution >= 4 is 11.0 Å². The number of hydrogen-bond acceptors (Lipinski definition) is 6. The molecule has 8 heteroatoms. The molecular formula is C23H21N7O. The van der Waals surface area contributed by atoms with Gasteiger partial charge >= 0.3 is 0 Å². The Morgan fingerprint density at radius 3 is 2.74 bits per heavy atom. The van der Waals surface area contributed by atoms with Gasteiger partial charge in [0.15, 0.2) is 0 Å². The molecule has 0 aromatic carbocycles. The van der Waals surface area contributed by atoms with Gasteiger partial charge < -0.3 is 9.40 Å². The summed E-state index contributed by atoms with van der Waals surface area (Å²) in [5.41, 5.74) is 4.32. The third-order valence-electron chi connectivity index (χ3n) is 6.25. The fraction of sp³-hybridized carbons (Fsp3) is 0.261. The number of H-pyrrole nitrogens is 1. The van der Waals surface area contributed by atoms with Crippen molar-refractivity contribution in [1.29, 1.82) is 0 Å². The summed E-state index contributed by atoms with van der Waals surface area (Å²) in [6, 6.07) is 8.10. The highest BCUT2D eigenvalue weighted by atomic mass is 16.4. The van der Waals surface area contributed by atoms with Crippen LogP contribution in [0.15, 0.2) is 59.7 Å². The number of nitrogens with one attached hydrogen (secondary N) is 1. The van der Waals surface area contributed by atoms with Gasteiger partial charge in [-0.1, -0.05) is 18.9 Å². The topological polar surface area (TPSA) is 98.3 Å². The Morgan fingerprint density at radius 2 is 1.97 bits per heavy atom. The van der Waals surface area contributed by atoms with E-state index in [0.29, 0.717) is 11.8 Å². The van der Waals surface area contributed by atoms with Crippen molar-refractivity contribution in [3.05, 3.63) is 66.8 Å². The van der Waals surface area contributed by atoms with Crippen molar-refractivity contribution in [2.45, 2.75) is 31.1 Å². The van der Waals surface area contributed by atoms with Crippen molar-refractivity contribution < 1.29 is 4.42 Å². The molecule has 5 heterocycles. The molecule has 1 fully saturated rings. The van der Waals surface area contributed by atoms with Crippen LogP contribution in [0.25, 0.3) is 33.6 Å². The lowest BCUT2D eigenvalue weighted by Gasteiger charge is -2.23. The minimum atomic E-state index is -0.308. The van der Waals surface area contributed by atoms with Gasteiger partial charge in [0.25, 0.3) is 0 Å². The van der Waals surface area contributed by atoms with Gasteiger partial charge in [0.05, 0.1) is 22.9 Å². The summed E-state index contributed by atoms with van der Waals surface area (Å²) in [5.74, 6) is 1.14. The maximum Gasteiger partial charge on any atom is 0.250 e. The van der Waals surface area contributed by atoms with Crippen molar-refractivity contribution in [2.24, 2.45) is 7.05 Å². The van der Waals surface area contributed by atoms with Gasteiger partial charge in [-0.05, 0) is 31.0 Å². The Hall–Kier alpha value is -3.81. The summed E-state index contributed by atoms with van der Waals surface area (Å²) >= 11 is 0. The molecule has 5 aromatic heterocycles. The Labute approximate surface area is 178 Å². The van der Waals surface area contributed by atoms with Crippen LogP contribution >= 0.6 is 0 Å². The fourth-order valence-electron chi connectivity index (χ4n) is 4.64. The van der Waals surface area contributed by atoms with Crippen molar-refractivity contribution in [3.8, 4) is 22.6 Å². The number of aryl methyl sites for hydroxylation is 1. The zero-order valence-corrected chi connectivity index (χ0v) is 17.1. The average molecular weight is 411 g/mol. The first-order valence-electron chi connectivity index (χ1n) is 10.4. The van der Waals surface area contributed by atoms with Crippen LogP contribution in [0.3, 0.4) is 0 Å². The number of aromatic nitrogens is 7. The zero-order valence-electron chi connectivity index (χ0n) is 17.1. The summed E-state index contributed by atoms with van der Waals surface area (Å²) in [6.07, 6.45) is 13.5. The third-order valence-corrected chi connectivity index (χ3v) is 6.25. The molecule has 1 N–H and O–H groups in total. The van der Waals surface area contributed by atoms with Crippen LogP contribution in [0.2, 0.25) is 0 Å². The van der Waals surface area contributed by atoms with E-state index in [1.165, 1.54) is 0 Å². The predicted octanol–water partition coefficient (Wildman–Crippen LogP) is 4.27. The lowest BCUT2D eigenvalue weighted by Crippen LogP contribution is -2.25. The molecule has 154 valence electrons. The van der Waals surface area contributed by atoms with Crippen molar-refractivity contribution in [3.63, 3.8) is 0 Å². The molecule has 0 aliphatic heterocycles. The van der Waals surface area contributed by atoms with Gasteiger partial charge in [0.1, 0.15) is 5.65 Å². The Bertz CT molecular complexity index is 1360. The molecule has 6 rings (SSSR count). The fourth-order valence-corrected chi connectivity index (χ4v) is 4.64. The van der Waals surface area contributed by atoms with Crippen LogP contribution in [0, 0.1) is 0 Å². The molecule has 8 nitrogen and oxygen atoms in total. The lowest BCUT2D eigenvalue weighted by molar-refractivity contribution is 0.373. The van der Waals surface area contributed by atoms with E-state index in [1.54, 1.807) is 4.68 Å². The summed E-state index contributed by atoms with van der Waals surface area (Å²) in [6.45, 7) is 0. The third kappa shape index (κ3) is 2.86. The van der Waals surface area contributed by atoms with Gasteiger partial charge in [0.2, 0.25) is 11.8 Å². The number of hydrogen-bond donors (Lipinski definition) is 1. The highest BCUT2D eigenvalue weighted by molar-refractivity contribution is 5.93. The first-order chi connectivity index (χ1) is 15.2. The van der Waals surface area contributed by atoms with Gasteiger partial charge in [-0.2, -0.15) is 5.10 Å². The first-order valence-corrected chi connectivity index (χ1v) is 10.4. The van der Waals surface area contributed by atoms with Crippen LogP contribution < -0.4 is 0 Å². The molecule has 0 bridgehead atoms. The van der Waals surface area contributed by atoms with Crippen molar-refractivity contribution in [1.82, 2.24) is 34.9 Å². The highest BCUT2D eigenvalue weighted by Gasteiger charge is 2.43. The van der Waals surface area contributed by atoms with E-state index in [-0.39, 0.29) is 5.41 Å². The van der Waals surface area contributed by atoms with E-state index in [9.17, 15) is 0 Å². The monoisotopic (exact) mass is 411 g/mol. The van der Waals surface area contributed by atoms with Gasteiger partial charge in [-0.3, -0.25) is 9.67 Å². The number of fused-ring (bicyclic) bond motifs is 1. The number of rotatable bonds is 4. The van der Waals surface area contributed by atoms with Crippen LogP contribution in [-0.4, -0.2) is 34.9 Å². The van der Waals surface area contributed by atoms with Crippen LogP contribution in [0.1, 0.15) is 37.3 Å². The minimum Gasteiger partial charge on any atom is -0.420 e. The summed E-state index contributed by atoms with van der Waals surface area (Å²) in [4.78, 5) is 12.4. The SMILES string of the molecule is Cn1cc(-c2cnc3[nH]cc(-c4nnc(C5(c6ccccn6)CCCC5)o4)c3c2)cn1. The van der Waals surface area contributed by atoms with Crippen LogP contribution in [0.5, 0.6) is 0 Å². The Balaban J connectivity index is 1.44. The molecule has 0 radical (unpaired) electrons. The number of nitrogens with zero attached hydrogens (tertiary/aromatic N) is 6. The second-order valence-electron chi connectivity index (χ2n) is 8.14. The molecule has 5 aromatic rings. The van der Waals surface area contributed by atoms with E-state index in [2.05, 4.69) is 42.4 Å². The largest absolute Gasteiger partial charge is 0.420 e. The van der Waals surface area contributed by atoms with E-state index < -0.39 is 0 Å². The van der Waals surface area contributed by atoms with E-state index in [0.717, 1.165) is 59.1 Å². The van der Waals surface area contributed by atoms with E-state index >= 15 is 0 Å². The summed E-state index contributed by atoms with van der Waals surface area (Å²) < 4.78 is 8.08. The molecule has 31 heavy (non-hydrogen) atoms. The summed E-state index contributed by atoms with van der Waals surface area (Å²) in [5, 5.41) is 14.1. The Kier molecular flexibility index (Phi) is 3.99.